The van der Waals surface area contributed by atoms with Crippen LogP contribution in [0.5, 0.6) is 0 Å². The molecule has 1 unspecified atom stereocenters. The molecule has 1 heterocycles. The molecule has 0 N–H and O–H groups in total. The van der Waals surface area contributed by atoms with Crippen molar-refractivity contribution in [1.29, 1.82) is 0 Å². The van der Waals surface area contributed by atoms with Crippen LogP contribution in [-0.4, -0.2) is 11.5 Å². The molecule has 0 saturated heterocycles. The Morgan fingerprint density at radius 2 is 1.96 bits per heavy atom. The van der Waals surface area contributed by atoms with E-state index in [9.17, 15) is 10.5 Å². The van der Waals surface area contributed by atoms with Crippen LogP contribution in [0.25, 0.3) is 0 Å². The molecule has 0 bridgehead atoms. The maximum atomic E-state index is 9.96. The van der Waals surface area contributed by atoms with Crippen LogP contribution >= 0.6 is 24.1 Å². The van der Waals surface area contributed by atoms with E-state index in [2.05, 4.69) is 30.7 Å². The predicted molar refractivity (Wildman–Crippen MR) is 83.1 cm³/mol. The minimum absolute atomic E-state index is 0.162. The van der Waals surface area contributed by atoms with Gasteiger partial charge in [-0.05, 0) is 43.5 Å². The van der Waals surface area contributed by atoms with Gasteiger partial charge in [0.25, 0.3) is 0 Å². The van der Waals surface area contributed by atoms with E-state index in [0.717, 1.165) is 65.2 Å². The third-order valence-corrected chi connectivity index (χ3v) is 5.21. The summed E-state index contributed by atoms with van der Waals surface area (Å²) in [6.07, 6.45) is 2.77. The molecule has 7 nitrogen and oxygen atoms in total. The molecule has 0 aliphatic carbocycles. The highest BCUT2D eigenvalue weighted by Crippen LogP contribution is 2.44. The highest BCUT2D eigenvalue weighted by atomic mass is 32.2. The van der Waals surface area contributed by atoms with Gasteiger partial charge in [0.15, 0.2) is 0 Å². The maximum Gasteiger partial charge on any atom is 0.0674 e. The van der Waals surface area contributed by atoms with E-state index in [0.29, 0.717) is 5.75 Å². The summed E-state index contributed by atoms with van der Waals surface area (Å²) in [7, 11) is 0. The van der Waals surface area contributed by atoms with E-state index >= 15 is 0 Å². The molecule has 1 aromatic carbocycles. The Kier molecular flexibility index (Phi) is 7.31. The quantitative estimate of drug-likeness (QED) is 0.272. The monoisotopic (exact) mass is 359 g/mol. The lowest BCUT2D eigenvalue weighted by molar-refractivity contribution is -0.777. The van der Waals surface area contributed by atoms with Gasteiger partial charge in [0.05, 0.1) is 17.7 Å². The van der Waals surface area contributed by atoms with Gasteiger partial charge in [-0.2, -0.15) is 8.67 Å². The van der Waals surface area contributed by atoms with Crippen molar-refractivity contribution in [2.24, 2.45) is 4.99 Å². The topological polar surface area (TPSA) is 95.4 Å². The van der Waals surface area contributed by atoms with E-state index in [-0.39, 0.29) is 5.41 Å². The number of rotatable bonds is 10. The fraction of sp³-hybridized carbons (Fsp3) is 0.500. The van der Waals surface area contributed by atoms with Gasteiger partial charge in [-0.3, -0.25) is 15.1 Å². The second kappa shape index (κ2) is 9.00. The average molecular weight is 359 g/mol. The highest BCUT2D eigenvalue weighted by molar-refractivity contribution is 7.94. The van der Waals surface area contributed by atoms with Crippen molar-refractivity contribution >= 4 is 35.5 Å². The largest absolute Gasteiger partial charge is 0.691 e. The molecular weight excluding hydrogens is 342 g/mol. The van der Waals surface area contributed by atoms with Crippen molar-refractivity contribution in [3.8, 4) is 0 Å². The molecule has 1 aliphatic heterocycles. The van der Waals surface area contributed by atoms with E-state index in [1.807, 2.05) is 25.1 Å². The molecule has 0 spiro atoms. The van der Waals surface area contributed by atoms with Crippen LogP contribution in [0.15, 0.2) is 28.1 Å². The SMILES string of the molecule is CC1=Nc2ccc(SOO[O-])cc2C1(C)CCCCSOO[O-]. The zero-order valence-corrected chi connectivity index (χ0v) is 14.4. The number of fused-ring (bicyclic) bond motifs is 1. The molecule has 0 saturated carbocycles. The molecule has 23 heavy (non-hydrogen) atoms. The molecular formula is C14H17NO6S2-2. The summed E-state index contributed by atoms with van der Waals surface area (Å²) in [5.41, 5.74) is 2.95. The third kappa shape index (κ3) is 4.68. The summed E-state index contributed by atoms with van der Waals surface area (Å²) in [4.78, 5) is 5.42. The Morgan fingerprint density at radius 1 is 1.17 bits per heavy atom. The first-order chi connectivity index (χ1) is 11.1. The van der Waals surface area contributed by atoms with E-state index < -0.39 is 0 Å². The van der Waals surface area contributed by atoms with Crippen molar-refractivity contribution in [3.63, 3.8) is 0 Å². The Hall–Kier alpha value is -0.650. The number of hydrogen-bond donors (Lipinski definition) is 0. The smallest absolute Gasteiger partial charge is 0.0674 e. The minimum Gasteiger partial charge on any atom is -0.691 e. The van der Waals surface area contributed by atoms with Crippen molar-refractivity contribution in [1.82, 2.24) is 0 Å². The van der Waals surface area contributed by atoms with Gasteiger partial charge in [-0.25, -0.2) is 0 Å². The van der Waals surface area contributed by atoms with E-state index in [1.165, 1.54) is 0 Å². The van der Waals surface area contributed by atoms with Gasteiger partial charge >= 0.3 is 0 Å². The number of aliphatic imine (C=N–C) groups is 1. The van der Waals surface area contributed by atoms with Gasteiger partial charge in [-0.1, -0.05) is 13.3 Å². The molecule has 2 rings (SSSR count). The predicted octanol–water partition coefficient (Wildman–Crippen LogP) is 2.32. The minimum atomic E-state index is -0.162. The Morgan fingerprint density at radius 3 is 2.70 bits per heavy atom. The average Bonchev–Trinajstić information content (AvgIpc) is 2.80. The van der Waals surface area contributed by atoms with Crippen molar-refractivity contribution in [2.45, 2.75) is 43.4 Å². The van der Waals surface area contributed by atoms with Crippen LogP contribution < -0.4 is 10.5 Å². The van der Waals surface area contributed by atoms with Crippen molar-refractivity contribution < 1.29 is 29.3 Å². The van der Waals surface area contributed by atoms with Gasteiger partial charge in [0.2, 0.25) is 0 Å². The molecule has 1 aromatic rings. The summed E-state index contributed by atoms with van der Waals surface area (Å²) < 4.78 is 8.62. The first kappa shape index (κ1) is 18.7. The van der Waals surface area contributed by atoms with Crippen molar-refractivity contribution in [2.75, 3.05) is 5.75 Å². The van der Waals surface area contributed by atoms with E-state index in [1.54, 1.807) is 0 Å². The zero-order chi connectivity index (χ0) is 16.7. The molecule has 128 valence electrons. The maximum absolute atomic E-state index is 9.96. The number of hydrogen-bond acceptors (Lipinski definition) is 9. The second-order valence-electron chi connectivity index (χ2n) is 5.34. The van der Waals surface area contributed by atoms with E-state index in [4.69, 9.17) is 0 Å². The molecule has 0 fully saturated rings. The van der Waals surface area contributed by atoms with Crippen LogP contribution in [0.4, 0.5) is 5.69 Å². The third-order valence-electron chi connectivity index (χ3n) is 4.04. The Balaban J connectivity index is 2.00. The van der Waals surface area contributed by atoms with Crippen molar-refractivity contribution in [3.05, 3.63) is 23.8 Å². The summed E-state index contributed by atoms with van der Waals surface area (Å²) in [5.74, 6) is 0.686. The summed E-state index contributed by atoms with van der Waals surface area (Å²) in [6, 6.07) is 5.72. The lowest BCUT2D eigenvalue weighted by Crippen LogP contribution is -2.27. The molecule has 1 aliphatic rings. The van der Waals surface area contributed by atoms with Gasteiger partial charge in [0, 0.05) is 33.8 Å². The summed E-state index contributed by atoms with van der Waals surface area (Å²) in [6.45, 7) is 4.18. The molecule has 0 radical (unpaired) electrons. The normalized spacial score (nSPS) is 19.7. The van der Waals surface area contributed by atoms with Gasteiger partial charge in [-0.15, -0.1) is 0 Å². The highest BCUT2D eigenvalue weighted by Gasteiger charge is 2.36. The fourth-order valence-electron chi connectivity index (χ4n) is 2.67. The summed E-state index contributed by atoms with van der Waals surface area (Å²) in [5, 5.41) is 26.4. The van der Waals surface area contributed by atoms with Crippen LogP contribution in [0.2, 0.25) is 0 Å². The Labute approximate surface area is 143 Å². The summed E-state index contributed by atoms with van der Waals surface area (Å²) >= 11 is 1.88. The van der Waals surface area contributed by atoms with Gasteiger partial charge in [0.1, 0.15) is 0 Å². The van der Waals surface area contributed by atoms with Gasteiger partial charge < -0.3 is 10.5 Å². The standard InChI is InChI=1S/C14H19NO6S2/c1-10-14(2,7-3-4-8-22-20-18-16)12-9-11(23-21-19-17)5-6-13(12)15-10/h5-6,9,16-17H,3-4,7-8H2,1-2H3/p-2. The lowest BCUT2D eigenvalue weighted by Gasteiger charge is -2.26. The fourth-order valence-corrected chi connectivity index (χ4v) is 3.49. The van der Waals surface area contributed by atoms with Crippen LogP contribution in [-0.2, 0) is 24.2 Å². The second-order valence-corrected chi connectivity index (χ2v) is 6.90. The molecule has 1 atom stereocenters. The lowest BCUT2D eigenvalue weighted by atomic mass is 9.76. The van der Waals surface area contributed by atoms with Crippen LogP contribution in [0.3, 0.4) is 0 Å². The number of nitrogens with zero attached hydrogens (tertiary/aromatic N) is 1. The first-order valence-electron chi connectivity index (χ1n) is 7.03. The molecule has 0 amide bonds. The molecule has 9 heteroatoms. The van der Waals surface area contributed by atoms with Crippen LogP contribution in [0.1, 0.15) is 38.7 Å². The Bertz CT molecular complexity index is 556. The number of benzene rings is 1. The molecule has 0 aromatic heterocycles. The van der Waals surface area contributed by atoms with Crippen LogP contribution in [0, 0.1) is 0 Å². The zero-order valence-electron chi connectivity index (χ0n) is 12.8. The first-order valence-corrected chi connectivity index (χ1v) is 8.68. The number of unbranched alkanes of at least 4 members (excludes halogenated alkanes) is 1.